The van der Waals surface area contributed by atoms with Gasteiger partial charge in [0.1, 0.15) is 17.5 Å². The van der Waals surface area contributed by atoms with Gasteiger partial charge >= 0.3 is 0 Å². The highest BCUT2D eigenvalue weighted by atomic mass is 19.2. The molecule has 2 atom stereocenters. The van der Waals surface area contributed by atoms with Gasteiger partial charge in [-0.2, -0.15) is 5.26 Å². The predicted octanol–water partition coefficient (Wildman–Crippen LogP) is 2.79. The molecule has 1 aromatic carbocycles. The van der Waals surface area contributed by atoms with Crippen molar-refractivity contribution >= 4 is 17.5 Å². The number of H-pyrrole nitrogens is 1. The highest BCUT2D eigenvalue weighted by molar-refractivity contribution is 5.96. The molecule has 6 nitrogen and oxygen atoms in total. The number of anilines is 1. The van der Waals surface area contributed by atoms with Gasteiger partial charge in [0.15, 0.2) is 17.5 Å². The number of likely N-dealkylation sites (tertiary alicyclic amines) is 1. The third-order valence-electron chi connectivity index (χ3n) is 4.64. The summed E-state index contributed by atoms with van der Waals surface area (Å²) in [5.41, 5.74) is 0.290. The number of nitrogens with one attached hydrogen (secondary N) is 2. The second kappa shape index (κ2) is 7.15. The van der Waals surface area contributed by atoms with E-state index in [4.69, 9.17) is 5.26 Å². The van der Waals surface area contributed by atoms with Crippen LogP contribution in [0, 0.1) is 34.7 Å². The number of hydrogen-bond donors (Lipinski definition) is 2. The molecule has 1 aliphatic heterocycles. The van der Waals surface area contributed by atoms with Gasteiger partial charge in [-0.15, -0.1) is 0 Å². The first-order valence-electron chi connectivity index (χ1n) is 8.17. The lowest BCUT2D eigenvalue weighted by Crippen LogP contribution is -2.39. The van der Waals surface area contributed by atoms with Gasteiger partial charge in [0.25, 0.3) is 5.91 Å². The van der Waals surface area contributed by atoms with Crippen LogP contribution in [0.1, 0.15) is 29.5 Å². The van der Waals surface area contributed by atoms with E-state index in [2.05, 4.69) is 10.3 Å². The van der Waals surface area contributed by atoms with Crippen molar-refractivity contribution in [1.82, 2.24) is 9.88 Å². The molecule has 9 heteroatoms. The maximum atomic E-state index is 13.3. The molecule has 27 heavy (non-hydrogen) atoms. The van der Waals surface area contributed by atoms with Crippen molar-refractivity contribution < 1.29 is 22.8 Å². The van der Waals surface area contributed by atoms with Crippen LogP contribution in [0.25, 0.3) is 0 Å². The fourth-order valence-corrected chi connectivity index (χ4v) is 3.18. The number of aromatic amines is 1. The van der Waals surface area contributed by atoms with Crippen LogP contribution in [0.3, 0.4) is 0 Å². The van der Waals surface area contributed by atoms with Crippen molar-refractivity contribution in [1.29, 1.82) is 5.26 Å². The van der Waals surface area contributed by atoms with Crippen LogP contribution in [0.4, 0.5) is 18.9 Å². The second-order valence-electron chi connectivity index (χ2n) is 6.27. The van der Waals surface area contributed by atoms with Crippen LogP contribution in [-0.4, -0.2) is 34.3 Å². The van der Waals surface area contributed by atoms with E-state index in [1.807, 2.05) is 6.07 Å². The Morgan fingerprint density at radius 3 is 2.52 bits per heavy atom. The van der Waals surface area contributed by atoms with Gasteiger partial charge in [-0.1, -0.05) is 0 Å². The van der Waals surface area contributed by atoms with Gasteiger partial charge in [0.05, 0.1) is 5.92 Å². The highest BCUT2D eigenvalue weighted by Crippen LogP contribution is 2.27. The van der Waals surface area contributed by atoms with E-state index in [1.54, 1.807) is 6.92 Å². The van der Waals surface area contributed by atoms with E-state index in [0.717, 1.165) is 0 Å². The predicted molar refractivity (Wildman–Crippen MR) is 89.1 cm³/mol. The molecule has 0 unspecified atom stereocenters. The van der Waals surface area contributed by atoms with Gasteiger partial charge in [-0.25, -0.2) is 13.2 Å². The number of rotatable bonds is 3. The van der Waals surface area contributed by atoms with Gasteiger partial charge in [0, 0.05) is 30.4 Å². The minimum Gasteiger partial charge on any atom is -0.342 e. The molecule has 2 N–H and O–H groups in total. The molecule has 1 fully saturated rings. The molecule has 0 bridgehead atoms. The lowest BCUT2D eigenvalue weighted by molar-refractivity contribution is -0.120. The summed E-state index contributed by atoms with van der Waals surface area (Å²) in [6.07, 6.45) is 0.358. The maximum Gasteiger partial charge on any atom is 0.270 e. The lowest BCUT2D eigenvalue weighted by atomic mass is 10.0. The summed E-state index contributed by atoms with van der Waals surface area (Å²) < 4.78 is 39.6. The van der Waals surface area contributed by atoms with E-state index >= 15 is 0 Å². The van der Waals surface area contributed by atoms with Gasteiger partial charge < -0.3 is 15.2 Å². The van der Waals surface area contributed by atoms with Gasteiger partial charge in [-0.3, -0.25) is 9.59 Å². The normalized spacial score (nSPS) is 19.0. The summed E-state index contributed by atoms with van der Waals surface area (Å²) in [7, 11) is 0. The quantitative estimate of drug-likeness (QED) is 0.808. The van der Waals surface area contributed by atoms with E-state index in [0.29, 0.717) is 25.1 Å². The monoisotopic (exact) mass is 376 g/mol. The first kappa shape index (κ1) is 18.5. The van der Waals surface area contributed by atoms with Crippen molar-refractivity contribution in [2.45, 2.75) is 19.4 Å². The smallest absolute Gasteiger partial charge is 0.270 e. The Morgan fingerprint density at radius 1 is 1.26 bits per heavy atom. The lowest BCUT2D eigenvalue weighted by Gasteiger charge is -2.24. The molecule has 2 heterocycles. The molecule has 0 aliphatic carbocycles. The molecular formula is C18H15F3N4O2. The summed E-state index contributed by atoms with van der Waals surface area (Å²) in [5.74, 6) is -5.88. The molecular weight excluding hydrogens is 361 g/mol. The van der Waals surface area contributed by atoms with Crippen molar-refractivity contribution in [2.75, 3.05) is 11.9 Å². The molecule has 3 rings (SSSR count). The maximum absolute atomic E-state index is 13.3. The zero-order valence-corrected chi connectivity index (χ0v) is 14.2. The number of carbonyl (C=O) groups is 2. The largest absolute Gasteiger partial charge is 0.342 e. The van der Waals surface area contributed by atoms with Crippen molar-refractivity contribution in [3.8, 4) is 6.07 Å². The molecule has 1 saturated heterocycles. The minimum atomic E-state index is -1.61. The average Bonchev–Trinajstić information content (AvgIpc) is 3.25. The minimum absolute atomic E-state index is 0.198. The summed E-state index contributed by atoms with van der Waals surface area (Å²) in [4.78, 5) is 29.2. The standard InChI is InChI=1S/C18H15F3N4O2/c1-9-12(17(26)24-11-6-13(19)16(21)14(20)7-11)4-5-25(9)18(27)15-3-2-10(8-22)23-15/h2-3,6-7,9,12,23H,4-5H2,1H3,(H,24,26)/t9-,12-/m0/s1. The number of hydrogen-bond acceptors (Lipinski definition) is 3. The third-order valence-corrected chi connectivity index (χ3v) is 4.64. The molecule has 140 valence electrons. The fourth-order valence-electron chi connectivity index (χ4n) is 3.18. The Kier molecular flexibility index (Phi) is 4.90. The van der Waals surface area contributed by atoms with Crippen LogP contribution < -0.4 is 5.32 Å². The number of nitriles is 1. The van der Waals surface area contributed by atoms with Crippen molar-refractivity contribution in [3.05, 3.63) is 53.1 Å². The molecule has 0 spiro atoms. The summed E-state index contributed by atoms with van der Waals surface area (Å²) in [5, 5.41) is 11.2. The second-order valence-corrected chi connectivity index (χ2v) is 6.27. The zero-order valence-electron chi connectivity index (χ0n) is 14.2. The number of amides is 2. The Morgan fingerprint density at radius 2 is 1.93 bits per heavy atom. The van der Waals surface area contributed by atoms with Crippen molar-refractivity contribution in [2.24, 2.45) is 5.92 Å². The zero-order chi connectivity index (χ0) is 19.7. The molecule has 2 amide bonds. The van der Waals surface area contributed by atoms with E-state index in [-0.39, 0.29) is 23.0 Å². The van der Waals surface area contributed by atoms with Crippen LogP contribution in [0.2, 0.25) is 0 Å². The van der Waals surface area contributed by atoms with Gasteiger partial charge in [-0.05, 0) is 25.5 Å². The van der Waals surface area contributed by atoms with Crippen molar-refractivity contribution in [3.63, 3.8) is 0 Å². The van der Waals surface area contributed by atoms with E-state index < -0.39 is 35.3 Å². The molecule has 0 radical (unpaired) electrons. The Bertz CT molecular complexity index is 927. The van der Waals surface area contributed by atoms with Gasteiger partial charge in [0.2, 0.25) is 5.91 Å². The van der Waals surface area contributed by atoms with Crippen LogP contribution in [0.5, 0.6) is 0 Å². The first-order valence-corrected chi connectivity index (χ1v) is 8.17. The Hall–Kier alpha value is -3.28. The summed E-state index contributed by atoms with van der Waals surface area (Å²) >= 11 is 0. The van der Waals surface area contributed by atoms with E-state index in [9.17, 15) is 22.8 Å². The summed E-state index contributed by atoms with van der Waals surface area (Å²) in [6, 6.07) is 5.79. The number of carbonyl (C=O) groups excluding carboxylic acids is 2. The number of benzene rings is 1. The summed E-state index contributed by atoms with van der Waals surface area (Å²) in [6.45, 7) is 2.00. The van der Waals surface area contributed by atoms with Crippen LogP contribution in [0.15, 0.2) is 24.3 Å². The van der Waals surface area contributed by atoms with Crippen LogP contribution in [-0.2, 0) is 4.79 Å². The van der Waals surface area contributed by atoms with Crippen LogP contribution >= 0.6 is 0 Å². The Labute approximate surface area is 152 Å². The highest BCUT2D eigenvalue weighted by Gasteiger charge is 2.38. The van der Waals surface area contributed by atoms with E-state index in [1.165, 1.54) is 17.0 Å². The Balaban J connectivity index is 1.70. The molecule has 0 saturated carbocycles. The third kappa shape index (κ3) is 3.51. The SMILES string of the molecule is C[C@H]1[C@@H](C(=O)Nc2cc(F)c(F)c(F)c2)CCN1C(=O)c1ccc(C#N)[nH]1. The fraction of sp³-hybridized carbons (Fsp3) is 0.278. The number of aromatic nitrogens is 1. The first-order chi connectivity index (χ1) is 12.8. The molecule has 2 aromatic rings. The molecule has 1 aromatic heterocycles. The number of halogens is 3. The molecule has 1 aliphatic rings. The topological polar surface area (TPSA) is 89.0 Å². The number of nitrogens with zero attached hydrogens (tertiary/aromatic N) is 2. The average molecular weight is 376 g/mol.